The third-order valence-electron chi connectivity index (χ3n) is 5.33. The number of ether oxygens (including phenoxy) is 4. The Hall–Kier alpha value is -0.780. The van der Waals surface area contributed by atoms with Crippen LogP contribution in [0.25, 0.3) is 0 Å². The summed E-state index contributed by atoms with van der Waals surface area (Å²) in [7, 11) is 2.90. The predicted octanol–water partition coefficient (Wildman–Crippen LogP) is 2.38. The maximum Gasteiger partial charge on any atom is 0.237 e. The number of rotatable bonds is 3. The van der Waals surface area contributed by atoms with Crippen LogP contribution < -0.4 is 0 Å². The fraction of sp³-hybridized carbons (Fsp3) is 0.765. The van der Waals surface area contributed by atoms with Gasteiger partial charge in [0.15, 0.2) is 6.29 Å². The number of ketones is 1. The first kappa shape index (κ1) is 18.0. The highest BCUT2D eigenvalue weighted by Gasteiger charge is 2.70. The monoisotopic (exact) mass is 399 g/mol. The van der Waals surface area contributed by atoms with Gasteiger partial charge in [-0.25, -0.2) is 0 Å². The van der Waals surface area contributed by atoms with E-state index in [1.165, 1.54) is 14.2 Å². The molecular weight excluding hydrogens is 378 g/mol. The summed E-state index contributed by atoms with van der Waals surface area (Å²) in [5.41, 5.74) is -1.38. The average Bonchev–Trinajstić information content (AvgIpc) is 2.56. The van der Waals surface area contributed by atoms with E-state index >= 15 is 0 Å². The fourth-order valence-electron chi connectivity index (χ4n) is 4.01. The van der Waals surface area contributed by atoms with Gasteiger partial charge in [-0.1, -0.05) is 35.9 Å². The Balaban J connectivity index is 2.09. The van der Waals surface area contributed by atoms with E-state index in [0.29, 0.717) is 19.6 Å². The Morgan fingerprint density at radius 2 is 1.88 bits per heavy atom. The average molecular weight is 400 g/mol. The van der Waals surface area contributed by atoms with Crippen molar-refractivity contribution in [1.82, 2.24) is 0 Å². The molecule has 1 aliphatic heterocycles. The van der Waals surface area contributed by atoms with E-state index in [2.05, 4.69) is 22.0 Å². The molecule has 0 unspecified atom stereocenters. The van der Waals surface area contributed by atoms with Crippen molar-refractivity contribution < 1.29 is 23.7 Å². The van der Waals surface area contributed by atoms with E-state index in [9.17, 15) is 10.1 Å². The van der Waals surface area contributed by atoms with Crippen molar-refractivity contribution in [1.29, 1.82) is 5.26 Å². The number of nitriles is 1. The third kappa shape index (κ3) is 2.24. The summed E-state index contributed by atoms with van der Waals surface area (Å²) in [6, 6.07) is 2.27. The highest BCUT2D eigenvalue weighted by atomic mass is 79.9. The number of methoxy groups -OCH3 is 2. The van der Waals surface area contributed by atoms with Crippen LogP contribution in [-0.4, -0.2) is 45.3 Å². The minimum Gasteiger partial charge on any atom is -0.351 e. The molecule has 1 saturated heterocycles. The van der Waals surface area contributed by atoms with Crippen LogP contribution in [-0.2, 0) is 23.7 Å². The number of carbonyl (C=O) groups excluding carboxylic acids is 1. The van der Waals surface area contributed by atoms with Crippen molar-refractivity contribution in [3.8, 4) is 6.07 Å². The number of Topliss-reactive ketones (excluding diaryl/α,β-unsaturated/α-hetero) is 1. The summed E-state index contributed by atoms with van der Waals surface area (Å²) < 4.78 is 23.7. The quantitative estimate of drug-likeness (QED) is 0.677. The summed E-state index contributed by atoms with van der Waals surface area (Å²) in [6.07, 6.45) is 1.38. The van der Waals surface area contributed by atoms with E-state index in [1.807, 2.05) is 13.8 Å². The first-order valence-corrected chi connectivity index (χ1v) is 8.73. The van der Waals surface area contributed by atoms with Crippen LogP contribution in [0, 0.1) is 34.0 Å². The maximum atomic E-state index is 13.4. The maximum absolute atomic E-state index is 13.4. The molecule has 1 heterocycles. The zero-order valence-electron chi connectivity index (χ0n) is 14.3. The molecule has 0 N–H and O–H groups in total. The number of halogens is 1. The second kappa shape index (κ2) is 5.89. The molecular formula is C17H22BrNO5. The van der Waals surface area contributed by atoms with E-state index in [1.54, 1.807) is 6.08 Å². The van der Waals surface area contributed by atoms with Gasteiger partial charge in [0, 0.05) is 24.1 Å². The number of hydrogen-bond acceptors (Lipinski definition) is 6. The van der Waals surface area contributed by atoms with Crippen LogP contribution in [0.3, 0.4) is 0 Å². The van der Waals surface area contributed by atoms with Crippen LogP contribution in [0.4, 0.5) is 0 Å². The summed E-state index contributed by atoms with van der Waals surface area (Å²) in [6.45, 7) is 4.96. The van der Waals surface area contributed by atoms with Gasteiger partial charge in [-0.05, 0) is 6.42 Å². The number of nitrogens with zero attached hydrogens (tertiary/aromatic N) is 1. The third-order valence-corrected chi connectivity index (χ3v) is 6.11. The van der Waals surface area contributed by atoms with Crippen molar-refractivity contribution in [3.63, 3.8) is 0 Å². The van der Waals surface area contributed by atoms with Gasteiger partial charge in [0.1, 0.15) is 5.41 Å². The molecule has 4 rings (SSSR count). The van der Waals surface area contributed by atoms with Gasteiger partial charge in [-0.15, -0.1) is 0 Å². The summed E-state index contributed by atoms with van der Waals surface area (Å²) in [5, 5.41) is 9.69. The predicted molar refractivity (Wildman–Crippen MR) is 87.9 cm³/mol. The molecule has 0 aromatic heterocycles. The highest BCUT2D eigenvalue weighted by Crippen LogP contribution is 2.59. The van der Waals surface area contributed by atoms with Crippen LogP contribution in [0.15, 0.2) is 10.6 Å². The Labute approximate surface area is 150 Å². The molecule has 2 bridgehead atoms. The van der Waals surface area contributed by atoms with Gasteiger partial charge in [0.2, 0.25) is 11.6 Å². The number of hydrogen-bond donors (Lipinski definition) is 0. The number of carbonyl (C=O) groups is 1. The minimum atomic E-state index is -1.43. The van der Waals surface area contributed by atoms with Crippen molar-refractivity contribution >= 4 is 21.7 Å². The molecule has 1 saturated carbocycles. The minimum absolute atomic E-state index is 0.134. The van der Waals surface area contributed by atoms with Crippen LogP contribution in [0.1, 0.15) is 20.3 Å². The lowest BCUT2D eigenvalue weighted by atomic mass is 9.55. The van der Waals surface area contributed by atoms with E-state index in [-0.39, 0.29) is 17.1 Å². The van der Waals surface area contributed by atoms with Gasteiger partial charge in [-0.3, -0.25) is 4.79 Å². The second-order valence-electron chi connectivity index (χ2n) is 7.46. The molecule has 132 valence electrons. The highest BCUT2D eigenvalue weighted by molar-refractivity contribution is 9.11. The molecule has 0 radical (unpaired) electrons. The molecule has 0 aromatic carbocycles. The van der Waals surface area contributed by atoms with Crippen LogP contribution >= 0.6 is 15.9 Å². The van der Waals surface area contributed by atoms with E-state index < -0.39 is 23.4 Å². The van der Waals surface area contributed by atoms with Gasteiger partial charge in [0.05, 0.1) is 31.1 Å². The van der Waals surface area contributed by atoms with Crippen molar-refractivity contribution in [2.24, 2.45) is 22.7 Å². The second-order valence-corrected chi connectivity index (χ2v) is 8.37. The molecule has 0 aromatic rings. The van der Waals surface area contributed by atoms with Gasteiger partial charge >= 0.3 is 0 Å². The molecule has 7 heteroatoms. The summed E-state index contributed by atoms with van der Waals surface area (Å²) >= 11 is 3.54. The van der Waals surface area contributed by atoms with Gasteiger partial charge < -0.3 is 18.9 Å². The molecule has 3 aliphatic carbocycles. The molecule has 0 spiro atoms. The fourth-order valence-corrected chi connectivity index (χ4v) is 4.88. The Kier molecular flexibility index (Phi) is 4.42. The van der Waals surface area contributed by atoms with Crippen molar-refractivity contribution in [2.45, 2.75) is 32.3 Å². The molecule has 0 amide bonds. The van der Waals surface area contributed by atoms with Gasteiger partial charge in [0.25, 0.3) is 0 Å². The summed E-state index contributed by atoms with van der Waals surface area (Å²) in [4.78, 5) is 13.4. The van der Waals surface area contributed by atoms with E-state index in [4.69, 9.17) is 18.9 Å². The Bertz CT molecular complexity index is 611. The molecule has 2 fully saturated rings. The zero-order chi connectivity index (χ0) is 17.8. The lowest BCUT2D eigenvalue weighted by molar-refractivity contribution is -0.294. The molecule has 4 aliphatic rings. The lowest BCUT2D eigenvalue weighted by Gasteiger charge is -2.56. The molecule has 24 heavy (non-hydrogen) atoms. The first-order valence-electron chi connectivity index (χ1n) is 7.93. The SMILES string of the molecule is COC1(OC)C(=O)[C@@]2(C3OCC(C)(C)CO3)C=C(Br)[C@H]1C[C@@H]2C#N. The topological polar surface area (TPSA) is 77.8 Å². The lowest BCUT2D eigenvalue weighted by Crippen LogP contribution is -2.69. The largest absolute Gasteiger partial charge is 0.351 e. The smallest absolute Gasteiger partial charge is 0.237 e. The molecule has 6 nitrogen and oxygen atoms in total. The van der Waals surface area contributed by atoms with Gasteiger partial charge in [-0.2, -0.15) is 5.26 Å². The summed E-state index contributed by atoms with van der Waals surface area (Å²) in [5.74, 6) is -2.65. The normalized spacial score (nSPS) is 37.8. The Morgan fingerprint density at radius 1 is 1.29 bits per heavy atom. The van der Waals surface area contributed by atoms with Crippen molar-refractivity contribution in [2.75, 3.05) is 27.4 Å². The standard InChI is InChI=1S/C17H22BrNO5/c1-15(2)8-23-14(24-9-15)16-6-12(18)11(5-10(16)7-19)17(21-3,22-4)13(16)20/h6,10-11,14H,5,8-9H2,1-4H3/t10-,11-,16-/m1/s1. The zero-order valence-corrected chi connectivity index (χ0v) is 15.9. The molecule has 3 atom stereocenters. The van der Waals surface area contributed by atoms with Crippen molar-refractivity contribution in [3.05, 3.63) is 10.6 Å². The number of fused-ring (bicyclic) bond motifs is 2. The van der Waals surface area contributed by atoms with E-state index in [0.717, 1.165) is 4.48 Å². The Morgan fingerprint density at radius 3 is 2.38 bits per heavy atom. The van der Waals surface area contributed by atoms with Crippen LogP contribution in [0.2, 0.25) is 0 Å². The first-order chi connectivity index (χ1) is 11.3. The van der Waals surface area contributed by atoms with Crippen LogP contribution in [0.5, 0.6) is 0 Å².